The molecule has 0 saturated carbocycles. The zero-order valence-electron chi connectivity index (χ0n) is 7.45. The summed E-state index contributed by atoms with van der Waals surface area (Å²) in [5.41, 5.74) is 2.56. The Kier molecular flexibility index (Phi) is 2.47. The molecular formula is C10H13NO2. The lowest BCUT2D eigenvalue weighted by Crippen LogP contribution is -2.03. The van der Waals surface area contributed by atoms with Crippen LogP contribution in [0.5, 0.6) is 5.75 Å². The van der Waals surface area contributed by atoms with Gasteiger partial charge in [-0.2, -0.15) is 0 Å². The highest BCUT2D eigenvalue weighted by Crippen LogP contribution is 2.25. The smallest absolute Gasteiger partial charge is 0.122 e. The van der Waals surface area contributed by atoms with E-state index in [-0.39, 0.29) is 0 Å². The zero-order chi connectivity index (χ0) is 9.10. The molecule has 1 heterocycles. The molecule has 0 bridgehead atoms. The van der Waals surface area contributed by atoms with Crippen LogP contribution in [0.4, 0.5) is 0 Å². The average molecular weight is 179 g/mol. The van der Waals surface area contributed by atoms with Crippen LogP contribution in [0, 0.1) is 0 Å². The van der Waals surface area contributed by atoms with E-state index in [2.05, 4.69) is 17.0 Å². The van der Waals surface area contributed by atoms with Crippen molar-refractivity contribution in [1.29, 1.82) is 0 Å². The van der Waals surface area contributed by atoms with Gasteiger partial charge in [0.1, 0.15) is 5.75 Å². The minimum absolute atomic E-state index is 0.569. The van der Waals surface area contributed by atoms with Gasteiger partial charge < -0.3 is 9.57 Å². The molecule has 0 spiro atoms. The number of rotatable bonds is 3. The lowest BCUT2D eigenvalue weighted by molar-refractivity contribution is 0.141. The van der Waals surface area contributed by atoms with Crippen LogP contribution in [0.1, 0.15) is 11.1 Å². The fourth-order valence-electron chi connectivity index (χ4n) is 1.57. The van der Waals surface area contributed by atoms with Gasteiger partial charge in [0.05, 0.1) is 13.2 Å². The summed E-state index contributed by atoms with van der Waals surface area (Å²) < 4.78 is 5.40. The third-order valence-electron chi connectivity index (χ3n) is 2.26. The fraction of sp³-hybridized carbons (Fsp3) is 0.400. The van der Waals surface area contributed by atoms with Crippen LogP contribution in [-0.4, -0.2) is 13.2 Å². The highest BCUT2D eigenvalue weighted by Gasteiger charge is 2.11. The molecule has 70 valence electrons. The highest BCUT2D eigenvalue weighted by molar-refractivity contribution is 5.39. The third-order valence-corrected chi connectivity index (χ3v) is 2.26. The average Bonchev–Trinajstić information content (AvgIpc) is 2.61. The minimum Gasteiger partial charge on any atom is -0.493 e. The van der Waals surface area contributed by atoms with Gasteiger partial charge in [0, 0.05) is 6.42 Å². The van der Waals surface area contributed by atoms with Gasteiger partial charge in [0.2, 0.25) is 0 Å². The van der Waals surface area contributed by atoms with Crippen LogP contribution in [0.25, 0.3) is 0 Å². The van der Waals surface area contributed by atoms with Crippen molar-refractivity contribution >= 4 is 0 Å². The van der Waals surface area contributed by atoms with Crippen molar-refractivity contribution in [1.82, 2.24) is 0 Å². The van der Waals surface area contributed by atoms with Crippen LogP contribution in [-0.2, 0) is 17.7 Å². The Balaban J connectivity index is 2.12. The van der Waals surface area contributed by atoms with E-state index < -0.39 is 0 Å². The maximum absolute atomic E-state index is 5.40. The molecule has 0 aliphatic carbocycles. The lowest BCUT2D eigenvalue weighted by Gasteiger charge is -2.02. The first-order valence-electron chi connectivity index (χ1n) is 4.46. The number of hydrogen-bond donors (Lipinski definition) is 1. The second kappa shape index (κ2) is 3.77. The van der Waals surface area contributed by atoms with E-state index in [9.17, 15) is 0 Å². The molecule has 2 rings (SSSR count). The van der Waals surface area contributed by atoms with Crippen LogP contribution in [0.15, 0.2) is 18.2 Å². The maximum atomic E-state index is 5.40. The quantitative estimate of drug-likeness (QED) is 0.705. The van der Waals surface area contributed by atoms with Gasteiger partial charge in [-0.05, 0) is 23.6 Å². The second-order valence-electron chi connectivity index (χ2n) is 3.16. The summed E-state index contributed by atoms with van der Waals surface area (Å²) in [6.07, 6.45) is 1.89. The van der Waals surface area contributed by atoms with Gasteiger partial charge in [-0.1, -0.05) is 12.1 Å². The summed E-state index contributed by atoms with van der Waals surface area (Å²) in [5, 5.41) is 0. The molecule has 0 fully saturated rings. The lowest BCUT2D eigenvalue weighted by atomic mass is 10.1. The standard InChI is InChI=1S/C10H13NO2/c11-13-6-3-8-1-2-10-9(7-8)4-5-12-10/h1-2,7H,3-6,11H2. The highest BCUT2D eigenvalue weighted by atomic mass is 16.6. The van der Waals surface area contributed by atoms with Crippen molar-refractivity contribution in [3.8, 4) is 5.75 Å². The van der Waals surface area contributed by atoms with E-state index in [0.29, 0.717) is 6.61 Å². The second-order valence-corrected chi connectivity index (χ2v) is 3.16. The summed E-state index contributed by atoms with van der Waals surface area (Å²) in [6.45, 7) is 1.38. The van der Waals surface area contributed by atoms with E-state index in [1.165, 1.54) is 11.1 Å². The molecule has 13 heavy (non-hydrogen) atoms. The van der Waals surface area contributed by atoms with Gasteiger partial charge in [-0.25, -0.2) is 5.90 Å². The number of hydrogen-bond acceptors (Lipinski definition) is 3. The Morgan fingerprint density at radius 3 is 3.23 bits per heavy atom. The predicted molar refractivity (Wildman–Crippen MR) is 49.5 cm³/mol. The molecule has 1 aliphatic rings. The number of nitrogens with two attached hydrogens (primary N) is 1. The molecule has 0 amide bonds. The normalized spacial score (nSPS) is 13.9. The van der Waals surface area contributed by atoms with Crippen molar-refractivity contribution in [2.75, 3.05) is 13.2 Å². The third kappa shape index (κ3) is 1.82. The first-order chi connectivity index (χ1) is 6.40. The largest absolute Gasteiger partial charge is 0.493 e. The summed E-state index contributed by atoms with van der Waals surface area (Å²) in [7, 11) is 0. The Bertz CT molecular complexity index is 299. The SMILES string of the molecule is NOCCc1ccc2c(c1)CCO2. The molecule has 0 atom stereocenters. The fourth-order valence-corrected chi connectivity index (χ4v) is 1.57. The summed E-state index contributed by atoms with van der Waals surface area (Å²) >= 11 is 0. The van der Waals surface area contributed by atoms with Gasteiger partial charge in [0.15, 0.2) is 0 Å². The summed E-state index contributed by atoms with van der Waals surface area (Å²) in [6, 6.07) is 6.25. The topological polar surface area (TPSA) is 44.5 Å². The molecule has 3 heteroatoms. The van der Waals surface area contributed by atoms with Crippen molar-refractivity contribution in [3.63, 3.8) is 0 Å². The van der Waals surface area contributed by atoms with Gasteiger partial charge >= 0.3 is 0 Å². The monoisotopic (exact) mass is 179 g/mol. The molecule has 3 nitrogen and oxygen atoms in total. The summed E-state index contributed by atoms with van der Waals surface area (Å²) in [5.74, 6) is 5.99. The van der Waals surface area contributed by atoms with Crippen molar-refractivity contribution in [3.05, 3.63) is 29.3 Å². The van der Waals surface area contributed by atoms with E-state index in [1.54, 1.807) is 0 Å². The molecule has 1 aromatic rings. The zero-order valence-corrected chi connectivity index (χ0v) is 7.45. The van der Waals surface area contributed by atoms with Crippen molar-refractivity contribution in [2.24, 2.45) is 5.90 Å². The van der Waals surface area contributed by atoms with Crippen LogP contribution in [0.2, 0.25) is 0 Å². The molecule has 0 aromatic heterocycles. The van der Waals surface area contributed by atoms with E-state index in [1.807, 2.05) is 6.07 Å². The molecule has 1 aromatic carbocycles. The van der Waals surface area contributed by atoms with E-state index >= 15 is 0 Å². The molecule has 0 radical (unpaired) electrons. The Labute approximate surface area is 77.4 Å². The van der Waals surface area contributed by atoms with Crippen molar-refractivity contribution in [2.45, 2.75) is 12.8 Å². The number of fused-ring (bicyclic) bond motifs is 1. The molecule has 0 saturated heterocycles. The van der Waals surface area contributed by atoms with Crippen LogP contribution < -0.4 is 10.6 Å². The molecule has 1 aliphatic heterocycles. The predicted octanol–water partition coefficient (Wildman–Crippen LogP) is 1.05. The van der Waals surface area contributed by atoms with Gasteiger partial charge in [-0.15, -0.1) is 0 Å². The van der Waals surface area contributed by atoms with Crippen LogP contribution >= 0.6 is 0 Å². The Morgan fingerprint density at radius 2 is 2.38 bits per heavy atom. The van der Waals surface area contributed by atoms with E-state index in [4.69, 9.17) is 10.6 Å². The summed E-state index contributed by atoms with van der Waals surface area (Å²) in [4.78, 5) is 4.53. The van der Waals surface area contributed by atoms with Gasteiger partial charge in [0.25, 0.3) is 0 Å². The number of benzene rings is 1. The molecular weight excluding hydrogens is 166 g/mol. The Morgan fingerprint density at radius 1 is 1.46 bits per heavy atom. The van der Waals surface area contributed by atoms with Gasteiger partial charge in [-0.3, -0.25) is 0 Å². The minimum atomic E-state index is 0.569. The first kappa shape index (κ1) is 8.53. The number of ether oxygens (including phenoxy) is 1. The first-order valence-corrected chi connectivity index (χ1v) is 4.46. The molecule has 0 unspecified atom stereocenters. The van der Waals surface area contributed by atoms with Crippen molar-refractivity contribution < 1.29 is 9.57 Å². The molecule has 2 N–H and O–H groups in total. The Hall–Kier alpha value is -1.06. The maximum Gasteiger partial charge on any atom is 0.122 e. The van der Waals surface area contributed by atoms with Crippen LogP contribution in [0.3, 0.4) is 0 Å². The van der Waals surface area contributed by atoms with E-state index in [0.717, 1.165) is 25.2 Å².